The monoisotopic (exact) mass is 850 g/mol. The summed E-state index contributed by atoms with van der Waals surface area (Å²) in [5.74, 6) is 0. The van der Waals surface area contributed by atoms with Crippen LogP contribution in [0.5, 0.6) is 0 Å². The van der Waals surface area contributed by atoms with Gasteiger partial charge in [-0.15, -0.1) is 0 Å². The minimum Gasteiger partial charge on any atom is -0.310 e. The molecule has 0 fully saturated rings. The predicted molar refractivity (Wildman–Crippen MR) is 280 cm³/mol. The summed E-state index contributed by atoms with van der Waals surface area (Å²) in [6.45, 7) is 0. The van der Waals surface area contributed by atoms with Gasteiger partial charge in [-0.1, -0.05) is 146 Å². The lowest BCUT2D eigenvalue weighted by Gasteiger charge is -2.30. The van der Waals surface area contributed by atoms with Gasteiger partial charge >= 0.3 is 0 Å². The smallest absolute Gasteiger partial charge is 0.0540 e. The van der Waals surface area contributed by atoms with Gasteiger partial charge in [0.25, 0.3) is 0 Å². The molecule has 0 unspecified atom stereocenters. The van der Waals surface area contributed by atoms with Crippen molar-refractivity contribution in [1.82, 2.24) is 0 Å². The van der Waals surface area contributed by atoms with Crippen LogP contribution < -0.4 is 9.80 Å². The molecule has 0 heterocycles. The Bertz CT molecular complexity index is 3150. The molecule has 0 saturated carbocycles. The quantitative estimate of drug-likeness (QED) is 0.108. The van der Waals surface area contributed by atoms with E-state index in [4.69, 9.17) is 0 Å². The van der Waals surface area contributed by atoms with Gasteiger partial charge in [-0.25, -0.2) is 0 Å². The lowest BCUT2D eigenvalue weighted by molar-refractivity contribution is 0.799. The van der Waals surface area contributed by atoms with Crippen molar-refractivity contribution in [2.45, 2.75) is 64.2 Å². The van der Waals surface area contributed by atoms with Crippen LogP contribution in [0.25, 0.3) is 32.3 Å². The van der Waals surface area contributed by atoms with Gasteiger partial charge in [0.2, 0.25) is 0 Å². The minimum atomic E-state index is 0.969. The molecule has 0 aliphatic heterocycles. The van der Waals surface area contributed by atoms with Gasteiger partial charge in [-0.3, -0.25) is 0 Å². The van der Waals surface area contributed by atoms with Crippen LogP contribution in [-0.4, -0.2) is 0 Å². The number of para-hydroxylation sites is 2. The zero-order valence-electron chi connectivity index (χ0n) is 37.6. The Labute approximate surface area is 389 Å². The average Bonchev–Trinajstić information content (AvgIpc) is 3.34. The summed E-state index contributed by atoms with van der Waals surface area (Å²) in [5, 5.41) is 7.66. The SMILES string of the molecule is c1ccc(N(c2cc(CCCc3ccc4c(c3)CC4)c3cc(N(c4ccccc4)c4cccc5ccccc45)cc(CCCc4ccc5c(c4)CC5)c3c2)c2cccc3ccccc23)cc1. The van der Waals surface area contributed by atoms with E-state index in [0.717, 1.165) is 49.9 Å². The normalized spacial score (nSPS) is 12.7. The van der Waals surface area contributed by atoms with Crippen LogP contribution in [0.1, 0.15) is 57.3 Å². The highest BCUT2D eigenvalue weighted by Gasteiger charge is 2.23. The first-order valence-corrected chi connectivity index (χ1v) is 24.2. The summed E-state index contributed by atoms with van der Waals surface area (Å²) in [6.07, 6.45) is 11.1. The number of aryl methyl sites for hydroxylation is 8. The molecule has 0 amide bonds. The number of fused-ring (bicyclic) bond motifs is 5. The van der Waals surface area contributed by atoms with E-state index >= 15 is 0 Å². The van der Waals surface area contributed by atoms with Gasteiger partial charge in [0.15, 0.2) is 0 Å². The molecule has 0 N–H and O–H groups in total. The first-order valence-electron chi connectivity index (χ1n) is 24.2. The summed E-state index contributed by atoms with van der Waals surface area (Å²) in [4.78, 5) is 5.02. The van der Waals surface area contributed by atoms with Crippen LogP contribution in [0.4, 0.5) is 34.1 Å². The third-order valence-corrected chi connectivity index (χ3v) is 14.5. The molecule has 320 valence electrons. The van der Waals surface area contributed by atoms with Crippen molar-refractivity contribution in [2.24, 2.45) is 0 Å². The third kappa shape index (κ3) is 7.71. The molecule has 0 spiro atoms. The van der Waals surface area contributed by atoms with Crippen molar-refractivity contribution in [3.63, 3.8) is 0 Å². The molecule has 0 aromatic heterocycles. The maximum atomic E-state index is 2.52. The highest BCUT2D eigenvalue weighted by atomic mass is 15.2. The molecule has 66 heavy (non-hydrogen) atoms. The highest BCUT2D eigenvalue weighted by Crippen LogP contribution is 2.45. The Morgan fingerprint density at radius 2 is 0.697 bits per heavy atom. The van der Waals surface area contributed by atoms with Crippen LogP contribution >= 0.6 is 0 Å². The molecule has 0 radical (unpaired) electrons. The van der Waals surface area contributed by atoms with Crippen LogP contribution in [0.15, 0.2) is 206 Å². The van der Waals surface area contributed by atoms with Crippen LogP contribution in [0.2, 0.25) is 0 Å². The molecule has 0 bridgehead atoms. The van der Waals surface area contributed by atoms with Gasteiger partial charge in [-0.2, -0.15) is 0 Å². The largest absolute Gasteiger partial charge is 0.310 e. The van der Waals surface area contributed by atoms with E-state index in [0.29, 0.717) is 0 Å². The van der Waals surface area contributed by atoms with Crippen molar-refractivity contribution in [2.75, 3.05) is 9.80 Å². The number of nitrogens with zero attached hydrogens (tertiary/aromatic N) is 2. The maximum Gasteiger partial charge on any atom is 0.0540 e. The third-order valence-electron chi connectivity index (χ3n) is 14.5. The topological polar surface area (TPSA) is 6.48 Å². The maximum absolute atomic E-state index is 2.52. The van der Waals surface area contributed by atoms with Gasteiger partial charge < -0.3 is 9.80 Å². The Morgan fingerprint density at radius 3 is 1.12 bits per heavy atom. The zero-order chi connectivity index (χ0) is 43.8. The van der Waals surface area contributed by atoms with Gasteiger partial charge in [0, 0.05) is 33.5 Å². The summed E-state index contributed by atoms with van der Waals surface area (Å²) < 4.78 is 0. The molecular formula is C64H54N2. The fraction of sp³-hybridized carbons (Fsp3) is 0.156. The van der Waals surface area contributed by atoms with Crippen molar-refractivity contribution < 1.29 is 0 Å². The predicted octanol–water partition coefficient (Wildman–Crippen LogP) is 16.6. The van der Waals surface area contributed by atoms with E-state index in [1.165, 1.54) is 114 Å². The second kappa shape index (κ2) is 17.5. The summed E-state index contributed by atoms with van der Waals surface area (Å²) in [5.41, 5.74) is 18.9. The van der Waals surface area contributed by atoms with Crippen molar-refractivity contribution in [3.05, 3.63) is 251 Å². The molecule has 10 aromatic rings. The Balaban J connectivity index is 1.06. The van der Waals surface area contributed by atoms with E-state index in [2.05, 4.69) is 216 Å². The lowest BCUT2D eigenvalue weighted by Crippen LogP contribution is -2.13. The van der Waals surface area contributed by atoms with Gasteiger partial charge in [-0.05, 0) is 191 Å². The number of hydrogen-bond acceptors (Lipinski definition) is 2. The Hall–Kier alpha value is -7.42. The number of anilines is 6. The van der Waals surface area contributed by atoms with E-state index in [1.807, 2.05) is 0 Å². The second-order valence-corrected chi connectivity index (χ2v) is 18.6. The highest BCUT2D eigenvalue weighted by molar-refractivity contribution is 6.04. The zero-order valence-corrected chi connectivity index (χ0v) is 37.6. The minimum absolute atomic E-state index is 0.969. The standard InChI is InChI=1S/C64H54N2/c1-3-23-55(24-4-1)65(63-29-13-19-49-17-7-9-27-59(49)63)57-41-53(21-11-15-45-31-33-47-35-37-51(47)39-45)62-44-58(42-54(61(62)43-57)22-12-16-46-32-34-48-36-38-52(48)40-46)66(56-25-5-2-6-26-56)64-30-14-20-50-18-8-10-28-60(50)64/h1-10,13-14,17-20,23-34,39-44H,11-12,15-16,21-22,35-38H2. The van der Waals surface area contributed by atoms with E-state index in [-0.39, 0.29) is 0 Å². The second-order valence-electron chi connectivity index (χ2n) is 18.6. The van der Waals surface area contributed by atoms with Crippen LogP contribution in [0.3, 0.4) is 0 Å². The molecule has 2 heteroatoms. The fourth-order valence-electron chi connectivity index (χ4n) is 10.8. The van der Waals surface area contributed by atoms with Crippen molar-refractivity contribution in [1.29, 1.82) is 0 Å². The lowest BCUT2D eigenvalue weighted by atomic mass is 9.86. The number of benzene rings is 10. The van der Waals surface area contributed by atoms with E-state index in [1.54, 1.807) is 11.1 Å². The molecule has 2 nitrogen and oxygen atoms in total. The molecular weight excluding hydrogens is 797 g/mol. The van der Waals surface area contributed by atoms with Gasteiger partial charge in [0.1, 0.15) is 0 Å². The number of rotatable bonds is 14. The van der Waals surface area contributed by atoms with Crippen LogP contribution in [0, 0.1) is 0 Å². The Kier molecular flexibility index (Phi) is 10.6. The molecule has 0 saturated heterocycles. The Morgan fingerprint density at radius 1 is 0.288 bits per heavy atom. The summed E-state index contributed by atoms with van der Waals surface area (Å²) in [7, 11) is 0. The average molecular weight is 851 g/mol. The molecule has 2 aliphatic rings. The van der Waals surface area contributed by atoms with E-state index in [9.17, 15) is 0 Å². The first kappa shape index (κ1) is 40.1. The fourth-order valence-corrected chi connectivity index (χ4v) is 10.8. The molecule has 12 rings (SSSR count). The molecule has 10 aromatic carbocycles. The summed E-state index contributed by atoms with van der Waals surface area (Å²) in [6, 6.07) is 77.6. The van der Waals surface area contributed by atoms with Crippen molar-refractivity contribution >= 4 is 66.4 Å². The first-order chi connectivity index (χ1) is 32.7. The summed E-state index contributed by atoms with van der Waals surface area (Å²) >= 11 is 0. The molecule has 2 aliphatic carbocycles. The molecule has 0 atom stereocenters. The van der Waals surface area contributed by atoms with Crippen LogP contribution in [-0.2, 0) is 51.4 Å². The van der Waals surface area contributed by atoms with E-state index < -0.39 is 0 Å². The number of hydrogen-bond donors (Lipinski definition) is 0. The van der Waals surface area contributed by atoms with Gasteiger partial charge in [0.05, 0.1) is 11.4 Å². The van der Waals surface area contributed by atoms with Crippen molar-refractivity contribution in [3.8, 4) is 0 Å².